The first-order chi connectivity index (χ1) is 6.25. The van der Waals surface area contributed by atoms with Crippen LogP contribution >= 0.6 is 0 Å². The number of hydrogen-bond acceptors (Lipinski definition) is 2. The second-order valence-corrected chi connectivity index (χ2v) is 2.79. The van der Waals surface area contributed by atoms with E-state index in [0.29, 0.717) is 5.69 Å². The maximum absolute atomic E-state index is 10.8. The number of rotatable bonds is 1. The molecule has 4 nitrogen and oxygen atoms in total. The first-order valence-electron chi connectivity index (χ1n) is 3.89. The summed E-state index contributed by atoms with van der Waals surface area (Å²) in [5.41, 5.74) is 7.81. The molecule has 2 aromatic rings. The van der Waals surface area contributed by atoms with Gasteiger partial charge in [0, 0.05) is 11.8 Å². The Morgan fingerprint density at radius 1 is 1.08 bits per heavy atom. The van der Waals surface area contributed by atoms with Crippen LogP contribution in [0.3, 0.4) is 0 Å². The lowest BCUT2D eigenvalue weighted by atomic mass is 10.1. The standard InChI is InChI=1S/C9H9N3O/c10-7-3-1-6(2-4-7)8-5-9(13)12-11-8/h1-5H,10H2,(H2,11,12,13). The Labute approximate surface area is 74.4 Å². The second kappa shape index (κ2) is 2.82. The molecule has 1 heterocycles. The minimum absolute atomic E-state index is 0.133. The topological polar surface area (TPSA) is 74.7 Å². The van der Waals surface area contributed by atoms with Gasteiger partial charge in [0.25, 0.3) is 5.56 Å². The third kappa shape index (κ3) is 1.46. The summed E-state index contributed by atoms with van der Waals surface area (Å²) < 4.78 is 0. The van der Waals surface area contributed by atoms with E-state index in [1.807, 2.05) is 12.1 Å². The third-order valence-corrected chi connectivity index (χ3v) is 1.82. The van der Waals surface area contributed by atoms with Crippen LogP contribution in [0, 0.1) is 0 Å². The fourth-order valence-electron chi connectivity index (χ4n) is 1.15. The van der Waals surface area contributed by atoms with E-state index >= 15 is 0 Å². The quantitative estimate of drug-likeness (QED) is 0.564. The van der Waals surface area contributed by atoms with Crippen LogP contribution in [0.15, 0.2) is 35.1 Å². The summed E-state index contributed by atoms with van der Waals surface area (Å²) in [6.07, 6.45) is 0. The van der Waals surface area contributed by atoms with E-state index in [1.165, 1.54) is 6.07 Å². The highest BCUT2D eigenvalue weighted by molar-refractivity contribution is 5.61. The van der Waals surface area contributed by atoms with Crippen molar-refractivity contribution in [3.8, 4) is 11.3 Å². The third-order valence-electron chi connectivity index (χ3n) is 1.82. The zero-order valence-electron chi connectivity index (χ0n) is 6.87. The summed E-state index contributed by atoms with van der Waals surface area (Å²) >= 11 is 0. The van der Waals surface area contributed by atoms with Gasteiger partial charge in [0.2, 0.25) is 0 Å². The summed E-state index contributed by atoms with van der Waals surface area (Å²) in [7, 11) is 0. The van der Waals surface area contributed by atoms with Gasteiger partial charge in [-0.2, -0.15) is 0 Å². The molecular formula is C9H9N3O. The van der Waals surface area contributed by atoms with Crippen molar-refractivity contribution in [3.63, 3.8) is 0 Å². The predicted molar refractivity (Wildman–Crippen MR) is 51.3 cm³/mol. The second-order valence-electron chi connectivity index (χ2n) is 2.79. The van der Waals surface area contributed by atoms with Gasteiger partial charge >= 0.3 is 0 Å². The van der Waals surface area contributed by atoms with E-state index in [4.69, 9.17) is 5.73 Å². The first-order valence-corrected chi connectivity index (χ1v) is 3.89. The molecule has 2 rings (SSSR count). The highest BCUT2D eigenvalue weighted by atomic mass is 16.1. The van der Waals surface area contributed by atoms with Crippen molar-refractivity contribution in [2.75, 3.05) is 5.73 Å². The average Bonchev–Trinajstić information content (AvgIpc) is 2.53. The summed E-state index contributed by atoms with van der Waals surface area (Å²) in [5, 5.41) is 5.23. The van der Waals surface area contributed by atoms with Crippen LogP contribution in [-0.2, 0) is 0 Å². The zero-order valence-corrected chi connectivity index (χ0v) is 6.87. The number of aromatic nitrogens is 2. The molecule has 4 N–H and O–H groups in total. The molecule has 0 spiro atoms. The van der Waals surface area contributed by atoms with E-state index in [1.54, 1.807) is 12.1 Å². The van der Waals surface area contributed by atoms with E-state index in [-0.39, 0.29) is 5.56 Å². The highest BCUT2D eigenvalue weighted by Crippen LogP contribution is 2.15. The van der Waals surface area contributed by atoms with E-state index in [0.717, 1.165) is 11.3 Å². The fourth-order valence-corrected chi connectivity index (χ4v) is 1.15. The molecule has 13 heavy (non-hydrogen) atoms. The van der Waals surface area contributed by atoms with Gasteiger partial charge in [-0.3, -0.25) is 15.0 Å². The van der Waals surface area contributed by atoms with Crippen molar-refractivity contribution >= 4 is 5.69 Å². The Balaban J connectivity index is 2.47. The van der Waals surface area contributed by atoms with Crippen LogP contribution in [0.1, 0.15) is 0 Å². The van der Waals surface area contributed by atoms with Crippen LogP contribution in [0.5, 0.6) is 0 Å². The molecule has 0 radical (unpaired) electrons. The maximum atomic E-state index is 10.8. The number of nitrogen functional groups attached to an aromatic ring is 1. The van der Waals surface area contributed by atoms with Crippen molar-refractivity contribution < 1.29 is 0 Å². The molecule has 0 bridgehead atoms. The van der Waals surface area contributed by atoms with Gasteiger partial charge < -0.3 is 5.73 Å². The number of H-pyrrole nitrogens is 2. The lowest BCUT2D eigenvalue weighted by Gasteiger charge is -1.96. The Bertz CT molecular complexity index is 452. The highest BCUT2D eigenvalue weighted by Gasteiger charge is 1.98. The van der Waals surface area contributed by atoms with Gasteiger partial charge in [-0.05, 0) is 17.7 Å². The maximum Gasteiger partial charge on any atom is 0.264 e. The van der Waals surface area contributed by atoms with Crippen molar-refractivity contribution in [2.45, 2.75) is 0 Å². The monoisotopic (exact) mass is 175 g/mol. The van der Waals surface area contributed by atoms with Crippen LogP contribution < -0.4 is 11.3 Å². The predicted octanol–water partition coefficient (Wildman–Crippen LogP) is 0.952. The molecule has 0 fully saturated rings. The number of aromatic amines is 2. The van der Waals surface area contributed by atoms with Gasteiger partial charge in [0.15, 0.2) is 0 Å². The van der Waals surface area contributed by atoms with Crippen molar-refractivity contribution in [3.05, 3.63) is 40.7 Å². The van der Waals surface area contributed by atoms with Gasteiger partial charge in [0.1, 0.15) is 0 Å². The van der Waals surface area contributed by atoms with Gasteiger partial charge in [0.05, 0.1) is 5.69 Å². The Morgan fingerprint density at radius 2 is 1.77 bits per heavy atom. The molecule has 0 unspecified atom stereocenters. The Morgan fingerprint density at radius 3 is 2.31 bits per heavy atom. The fraction of sp³-hybridized carbons (Fsp3) is 0. The van der Waals surface area contributed by atoms with Crippen LogP contribution in [0.25, 0.3) is 11.3 Å². The average molecular weight is 175 g/mol. The Hall–Kier alpha value is -1.97. The molecule has 1 aromatic heterocycles. The summed E-state index contributed by atoms with van der Waals surface area (Å²) in [5.74, 6) is 0. The Kier molecular flexibility index (Phi) is 1.66. The SMILES string of the molecule is Nc1ccc(-c2cc(=O)[nH][nH]2)cc1. The van der Waals surface area contributed by atoms with Crippen molar-refractivity contribution in [2.24, 2.45) is 0 Å². The molecule has 0 aliphatic carbocycles. The molecule has 0 aliphatic heterocycles. The molecule has 66 valence electrons. The number of hydrogen-bond donors (Lipinski definition) is 3. The molecular weight excluding hydrogens is 166 g/mol. The van der Waals surface area contributed by atoms with E-state index in [9.17, 15) is 4.79 Å². The molecule has 0 saturated carbocycles. The molecule has 4 heteroatoms. The van der Waals surface area contributed by atoms with Gasteiger partial charge in [-0.15, -0.1) is 0 Å². The molecule has 1 aromatic carbocycles. The zero-order chi connectivity index (χ0) is 9.26. The normalized spacial score (nSPS) is 10.2. The smallest absolute Gasteiger partial charge is 0.264 e. The van der Waals surface area contributed by atoms with E-state index in [2.05, 4.69) is 10.2 Å². The van der Waals surface area contributed by atoms with Crippen LogP contribution in [-0.4, -0.2) is 10.2 Å². The molecule has 0 saturated heterocycles. The number of nitrogens with two attached hydrogens (primary N) is 1. The van der Waals surface area contributed by atoms with Crippen molar-refractivity contribution in [1.29, 1.82) is 0 Å². The van der Waals surface area contributed by atoms with Gasteiger partial charge in [-0.25, -0.2) is 0 Å². The lowest BCUT2D eigenvalue weighted by molar-refractivity contribution is 1.06. The number of benzene rings is 1. The summed E-state index contributed by atoms with van der Waals surface area (Å²) in [4.78, 5) is 10.8. The number of anilines is 1. The van der Waals surface area contributed by atoms with Crippen LogP contribution in [0.4, 0.5) is 5.69 Å². The molecule has 0 atom stereocenters. The number of nitrogens with one attached hydrogen (secondary N) is 2. The minimum Gasteiger partial charge on any atom is -0.399 e. The first kappa shape index (κ1) is 7.67. The lowest BCUT2D eigenvalue weighted by Crippen LogP contribution is -1.93. The van der Waals surface area contributed by atoms with Gasteiger partial charge in [-0.1, -0.05) is 12.1 Å². The summed E-state index contributed by atoms with van der Waals surface area (Å²) in [6.45, 7) is 0. The van der Waals surface area contributed by atoms with Crippen molar-refractivity contribution in [1.82, 2.24) is 10.2 Å². The molecule has 0 aliphatic rings. The summed E-state index contributed by atoms with van der Waals surface area (Å²) in [6, 6.07) is 8.80. The van der Waals surface area contributed by atoms with Crippen LogP contribution in [0.2, 0.25) is 0 Å². The largest absolute Gasteiger partial charge is 0.399 e. The minimum atomic E-state index is -0.133. The van der Waals surface area contributed by atoms with E-state index < -0.39 is 0 Å². The molecule has 0 amide bonds.